The van der Waals surface area contributed by atoms with Crippen LogP contribution in [0.25, 0.3) is 0 Å². The smallest absolute Gasteiger partial charge is 0.419 e. The van der Waals surface area contributed by atoms with Gasteiger partial charge in [-0.1, -0.05) is 18.2 Å². The van der Waals surface area contributed by atoms with Gasteiger partial charge in [-0.2, -0.15) is 39.0 Å². The lowest BCUT2D eigenvalue weighted by Crippen LogP contribution is -2.37. The molecule has 1 unspecified atom stereocenters. The van der Waals surface area contributed by atoms with Crippen LogP contribution in [0.5, 0.6) is 5.75 Å². The minimum atomic E-state index is -4.63. The molecule has 0 saturated carbocycles. The monoisotopic (exact) mass is 467 g/mol. The summed E-state index contributed by atoms with van der Waals surface area (Å²) < 4.78 is 83.3. The van der Waals surface area contributed by atoms with Crippen LogP contribution in [-0.2, 0) is 25.2 Å². The number of thiol groups is 1. The number of hydrogen-bond acceptors (Lipinski definition) is 4. The van der Waals surface area contributed by atoms with Crippen molar-refractivity contribution in [2.45, 2.75) is 42.9 Å². The highest BCUT2D eigenvalue weighted by molar-refractivity contribution is 7.81. The number of benzene rings is 2. The third-order valence-electron chi connectivity index (χ3n) is 4.62. The predicted octanol–water partition coefficient (Wildman–Crippen LogP) is 5.25. The van der Waals surface area contributed by atoms with E-state index in [2.05, 4.69) is 12.6 Å². The van der Waals surface area contributed by atoms with Crippen molar-refractivity contribution in [3.05, 3.63) is 64.7 Å². The molecule has 0 aromatic heterocycles. The molecule has 2 aromatic carbocycles. The molecule has 0 aliphatic rings. The van der Waals surface area contributed by atoms with Gasteiger partial charge < -0.3 is 15.6 Å². The summed E-state index contributed by atoms with van der Waals surface area (Å²) in [5.74, 6) is -0.323. The van der Waals surface area contributed by atoms with Crippen LogP contribution in [-0.4, -0.2) is 23.2 Å². The minimum Gasteiger partial charge on any atom is -0.493 e. The fraction of sp³-hybridized carbons (Fsp3) is 0.429. The Morgan fingerprint density at radius 3 is 2.03 bits per heavy atom. The van der Waals surface area contributed by atoms with Gasteiger partial charge in [0.2, 0.25) is 0 Å². The first kappa shape index (κ1) is 25.4. The van der Waals surface area contributed by atoms with E-state index in [0.717, 1.165) is 18.2 Å². The molecular weight excluding hydrogens is 444 g/mol. The van der Waals surface area contributed by atoms with Crippen molar-refractivity contribution in [2.75, 3.05) is 13.2 Å². The maximum absolute atomic E-state index is 13.4. The van der Waals surface area contributed by atoms with Crippen LogP contribution in [0.1, 0.15) is 35.1 Å². The van der Waals surface area contributed by atoms with Gasteiger partial charge in [-0.25, -0.2) is 0 Å². The summed E-state index contributed by atoms with van der Waals surface area (Å²) in [6.45, 7) is -0.446. The van der Waals surface area contributed by atoms with E-state index in [-0.39, 0.29) is 25.2 Å². The molecule has 3 N–H and O–H groups in total. The number of aryl methyl sites for hydroxylation is 2. The van der Waals surface area contributed by atoms with Gasteiger partial charge in [0.1, 0.15) is 5.75 Å². The molecule has 0 amide bonds. The summed E-state index contributed by atoms with van der Waals surface area (Å²) in [5.41, 5.74) is 5.01. The quantitative estimate of drug-likeness (QED) is 0.205. The Morgan fingerprint density at radius 2 is 1.48 bits per heavy atom. The molecule has 172 valence electrons. The SMILES string of the molecule is NC(S)(CO)CCc1ccc(OCCCc2ccc(C(F)(F)F)cc2)c(C(F)(F)F)c1. The summed E-state index contributed by atoms with van der Waals surface area (Å²) in [7, 11) is 0. The second-order valence-electron chi connectivity index (χ2n) is 7.24. The van der Waals surface area contributed by atoms with Crippen LogP contribution >= 0.6 is 12.6 Å². The number of ether oxygens (including phenoxy) is 1. The first-order valence-corrected chi connectivity index (χ1v) is 9.88. The van der Waals surface area contributed by atoms with Crippen molar-refractivity contribution >= 4 is 12.6 Å². The Kier molecular flexibility index (Phi) is 8.29. The third kappa shape index (κ3) is 7.93. The number of aliphatic hydroxyl groups is 1. The van der Waals surface area contributed by atoms with Crippen molar-refractivity contribution < 1.29 is 36.2 Å². The standard InChI is InChI=1S/C21H23F6NO2S/c22-20(23,24)16-6-3-14(4-7-16)2-1-11-30-18-8-5-15(9-10-19(28,31)13-29)12-17(18)21(25,26)27/h3-8,12,29,31H,1-2,9-11,13,28H2. The number of nitrogens with two attached hydrogens (primary N) is 1. The topological polar surface area (TPSA) is 55.5 Å². The Morgan fingerprint density at radius 1 is 0.871 bits per heavy atom. The van der Waals surface area contributed by atoms with Gasteiger partial charge in [0.25, 0.3) is 0 Å². The third-order valence-corrected chi connectivity index (χ3v) is 4.98. The molecule has 3 nitrogen and oxygen atoms in total. The lowest BCUT2D eigenvalue weighted by atomic mass is 10.0. The molecule has 2 rings (SSSR count). The van der Waals surface area contributed by atoms with Crippen LogP contribution in [0.4, 0.5) is 26.3 Å². The molecule has 0 aliphatic heterocycles. The normalized spacial score (nSPS) is 14.4. The Hall–Kier alpha value is -1.91. The average Bonchev–Trinajstić information content (AvgIpc) is 2.69. The van der Waals surface area contributed by atoms with Gasteiger partial charge in [-0.3, -0.25) is 0 Å². The molecule has 2 aromatic rings. The molecule has 0 aliphatic carbocycles. The molecule has 0 spiro atoms. The largest absolute Gasteiger partial charge is 0.493 e. The average molecular weight is 467 g/mol. The zero-order valence-electron chi connectivity index (χ0n) is 16.4. The highest BCUT2D eigenvalue weighted by Crippen LogP contribution is 2.37. The molecule has 1 atom stereocenters. The summed E-state index contributed by atoms with van der Waals surface area (Å²) in [4.78, 5) is -1.19. The number of rotatable bonds is 9. The Labute approximate surface area is 181 Å². The maximum Gasteiger partial charge on any atom is 0.419 e. The molecule has 0 saturated heterocycles. The van der Waals surface area contributed by atoms with Crippen molar-refractivity contribution in [2.24, 2.45) is 5.73 Å². The van der Waals surface area contributed by atoms with Crippen LogP contribution in [0.15, 0.2) is 42.5 Å². The van der Waals surface area contributed by atoms with Gasteiger partial charge in [-0.05, 0) is 61.1 Å². The first-order chi connectivity index (χ1) is 14.3. The molecule has 10 heteroatoms. The van der Waals surface area contributed by atoms with Crippen molar-refractivity contribution in [1.29, 1.82) is 0 Å². The maximum atomic E-state index is 13.4. The van der Waals surface area contributed by atoms with E-state index in [9.17, 15) is 26.3 Å². The first-order valence-electron chi connectivity index (χ1n) is 9.43. The second-order valence-corrected chi connectivity index (χ2v) is 8.13. The van der Waals surface area contributed by atoms with Gasteiger partial charge in [-0.15, -0.1) is 0 Å². The fourth-order valence-electron chi connectivity index (χ4n) is 2.84. The number of hydrogen-bond donors (Lipinski definition) is 3. The van der Waals surface area contributed by atoms with Crippen molar-refractivity contribution in [3.63, 3.8) is 0 Å². The van der Waals surface area contributed by atoms with E-state index in [1.165, 1.54) is 24.3 Å². The minimum absolute atomic E-state index is 0.0312. The van der Waals surface area contributed by atoms with E-state index in [4.69, 9.17) is 15.6 Å². The number of aliphatic hydroxyl groups excluding tert-OH is 1. The summed E-state index contributed by atoms with van der Waals surface area (Å²) >= 11 is 4.05. The van der Waals surface area contributed by atoms with Crippen LogP contribution in [0.2, 0.25) is 0 Å². The highest BCUT2D eigenvalue weighted by atomic mass is 32.1. The van der Waals surface area contributed by atoms with E-state index in [1.54, 1.807) is 0 Å². The fourth-order valence-corrected chi connectivity index (χ4v) is 2.95. The summed E-state index contributed by atoms with van der Waals surface area (Å²) in [6.07, 6.45) is -7.99. The van der Waals surface area contributed by atoms with Crippen molar-refractivity contribution in [1.82, 2.24) is 0 Å². The van der Waals surface area contributed by atoms with E-state index >= 15 is 0 Å². The molecule has 0 radical (unpaired) electrons. The van der Waals surface area contributed by atoms with E-state index in [0.29, 0.717) is 24.0 Å². The lowest BCUT2D eigenvalue weighted by molar-refractivity contribution is -0.139. The van der Waals surface area contributed by atoms with E-state index in [1.807, 2.05) is 0 Å². The Balaban J connectivity index is 1.97. The molecule has 0 bridgehead atoms. The van der Waals surface area contributed by atoms with Crippen LogP contribution in [0, 0.1) is 0 Å². The summed E-state index contributed by atoms with van der Waals surface area (Å²) in [5, 5.41) is 9.10. The van der Waals surface area contributed by atoms with Gasteiger partial charge in [0.05, 0.1) is 29.2 Å². The van der Waals surface area contributed by atoms with Crippen molar-refractivity contribution in [3.8, 4) is 5.75 Å². The molecular formula is C21H23F6NO2S. The van der Waals surface area contributed by atoms with Gasteiger partial charge in [0, 0.05) is 0 Å². The van der Waals surface area contributed by atoms with Crippen LogP contribution in [0.3, 0.4) is 0 Å². The zero-order valence-corrected chi connectivity index (χ0v) is 17.3. The lowest BCUT2D eigenvalue weighted by Gasteiger charge is -2.21. The molecule has 0 heterocycles. The Bertz CT molecular complexity index is 850. The highest BCUT2D eigenvalue weighted by Gasteiger charge is 2.35. The molecule has 31 heavy (non-hydrogen) atoms. The van der Waals surface area contributed by atoms with Gasteiger partial charge in [0.15, 0.2) is 0 Å². The predicted molar refractivity (Wildman–Crippen MR) is 108 cm³/mol. The van der Waals surface area contributed by atoms with Gasteiger partial charge >= 0.3 is 12.4 Å². The van der Waals surface area contributed by atoms with Crippen LogP contribution < -0.4 is 10.5 Å². The number of halogens is 6. The summed E-state index contributed by atoms with van der Waals surface area (Å²) in [6, 6.07) is 8.30. The zero-order chi connectivity index (χ0) is 23.3. The van der Waals surface area contributed by atoms with E-state index < -0.39 is 35.0 Å². The second kappa shape index (κ2) is 10.1. The number of alkyl halides is 6. The molecule has 0 fully saturated rings.